The van der Waals surface area contributed by atoms with Gasteiger partial charge in [0.2, 0.25) is 11.8 Å². The normalized spacial score (nSPS) is 24.7. The van der Waals surface area contributed by atoms with E-state index in [-0.39, 0.29) is 0 Å². The molecule has 1 aliphatic rings. The van der Waals surface area contributed by atoms with Crippen molar-refractivity contribution in [3.05, 3.63) is 11.8 Å². The molecule has 17 heavy (non-hydrogen) atoms. The molecular weight excluding hydrogens is 234 g/mol. The number of hydrogen-bond donors (Lipinski definition) is 0. The van der Waals surface area contributed by atoms with E-state index in [0.717, 1.165) is 17.7 Å². The third-order valence-electron chi connectivity index (χ3n) is 3.34. The monoisotopic (exact) mass is 255 g/mol. The smallest absolute Gasteiger partial charge is 0.230 e. The van der Waals surface area contributed by atoms with E-state index < -0.39 is 0 Å². The van der Waals surface area contributed by atoms with E-state index >= 15 is 0 Å². The Balaban J connectivity index is 1.82. The maximum Gasteiger partial charge on any atom is 0.230 e. The molecular formula is C12H21N3OS. The van der Waals surface area contributed by atoms with Gasteiger partial charge < -0.3 is 4.42 Å². The van der Waals surface area contributed by atoms with Crippen molar-refractivity contribution in [3.63, 3.8) is 0 Å². The van der Waals surface area contributed by atoms with Crippen LogP contribution in [0.1, 0.15) is 38.0 Å². The van der Waals surface area contributed by atoms with E-state index in [0.29, 0.717) is 11.9 Å². The molecule has 0 aromatic carbocycles. The Morgan fingerprint density at radius 3 is 2.88 bits per heavy atom. The fourth-order valence-corrected chi connectivity index (χ4v) is 3.58. The predicted octanol–water partition coefficient (Wildman–Crippen LogP) is 2.48. The summed E-state index contributed by atoms with van der Waals surface area (Å²) < 4.78 is 5.42. The number of thioether (sulfide) groups is 1. The zero-order valence-electron chi connectivity index (χ0n) is 10.8. The molecule has 96 valence electrons. The largest absolute Gasteiger partial charge is 0.424 e. The van der Waals surface area contributed by atoms with E-state index in [2.05, 4.69) is 40.8 Å². The molecule has 4 nitrogen and oxygen atoms in total. The highest BCUT2D eigenvalue weighted by Crippen LogP contribution is 2.32. The number of aromatic nitrogens is 2. The second kappa shape index (κ2) is 5.87. The van der Waals surface area contributed by atoms with Crippen LogP contribution in [0.3, 0.4) is 0 Å². The van der Waals surface area contributed by atoms with Crippen molar-refractivity contribution >= 4 is 11.8 Å². The summed E-state index contributed by atoms with van der Waals surface area (Å²) in [7, 11) is 2.16. The van der Waals surface area contributed by atoms with Gasteiger partial charge in [0.25, 0.3) is 0 Å². The number of rotatable bonds is 5. The summed E-state index contributed by atoms with van der Waals surface area (Å²) in [6, 6.07) is 0.672. The van der Waals surface area contributed by atoms with Crippen molar-refractivity contribution in [2.75, 3.05) is 12.8 Å². The van der Waals surface area contributed by atoms with Gasteiger partial charge in [0.05, 0.1) is 6.54 Å². The molecule has 0 spiro atoms. The maximum absolute atomic E-state index is 5.42. The number of nitrogens with zero attached hydrogens (tertiary/aromatic N) is 3. The zero-order chi connectivity index (χ0) is 12.3. The number of hydrogen-bond acceptors (Lipinski definition) is 5. The van der Waals surface area contributed by atoms with Crippen LogP contribution in [0.2, 0.25) is 0 Å². The Bertz CT molecular complexity index is 355. The summed E-state index contributed by atoms with van der Waals surface area (Å²) in [5.74, 6) is 2.61. The molecule has 0 N–H and O–H groups in total. The Hall–Kier alpha value is -0.550. The predicted molar refractivity (Wildman–Crippen MR) is 70.1 cm³/mol. The second-order valence-electron chi connectivity index (χ2n) is 4.67. The summed E-state index contributed by atoms with van der Waals surface area (Å²) in [6.07, 6.45) is 3.93. The van der Waals surface area contributed by atoms with E-state index in [4.69, 9.17) is 4.42 Å². The van der Waals surface area contributed by atoms with Crippen molar-refractivity contribution < 1.29 is 4.42 Å². The first-order valence-electron chi connectivity index (χ1n) is 6.30. The van der Waals surface area contributed by atoms with Crippen LogP contribution in [-0.4, -0.2) is 39.2 Å². The highest BCUT2D eigenvalue weighted by atomic mass is 32.2. The minimum Gasteiger partial charge on any atom is -0.424 e. The Morgan fingerprint density at radius 2 is 2.24 bits per heavy atom. The maximum atomic E-state index is 5.42. The van der Waals surface area contributed by atoms with Crippen LogP contribution in [0.4, 0.5) is 0 Å². The molecule has 0 aliphatic heterocycles. The van der Waals surface area contributed by atoms with Crippen LogP contribution in [0.25, 0.3) is 0 Å². The lowest BCUT2D eigenvalue weighted by Gasteiger charge is -2.22. The van der Waals surface area contributed by atoms with E-state index in [9.17, 15) is 0 Å². The van der Waals surface area contributed by atoms with Crippen LogP contribution < -0.4 is 0 Å². The lowest BCUT2D eigenvalue weighted by Crippen LogP contribution is -2.29. The SMILES string of the molecule is CCS[C@@H]1CC[C@@H](N(C)Cc2nnc(C)o2)C1. The second-order valence-corrected chi connectivity index (χ2v) is 6.25. The summed E-state index contributed by atoms with van der Waals surface area (Å²) in [6.45, 7) is 4.85. The van der Waals surface area contributed by atoms with Crippen molar-refractivity contribution in [1.82, 2.24) is 15.1 Å². The minimum absolute atomic E-state index is 0.652. The first-order valence-corrected chi connectivity index (χ1v) is 7.34. The van der Waals surface area contributed by atoms with Crippen LogP contribution in [0.5, 0.6) is 0 Å². The third kappa shape index (κ3) is 3.45. The summed E-state index contributed by atoms with van der Waals surface area (Å²) >= 11 is 2.09. The Kier molecular flexibility index (Phi) is 4.45. The molecule has 2 rings (SSSR count). The molecule has 0 radical (unpaired) electrons. The Morgan fingerprint density at radius 1 is 1.41 bits per heavy atom. The minimum atomic E-state index is 0.652. The quantitative estimate of drug-likeness (QED) is 0.808. The van der Waals surface area contributed by atoms with Gasteiger partial charge in [-0.3, -0.25) is 4.90 Å². The van der Waals surface area contributed by atoms with Gasteiger partial charge >= 0.3 is 0 Å². The van der Waals surface area contributed by atoms with Gasteiger partial charge in [0.1, 0.15) is 0 Å². The average molecular weight is 255 g/mol. The highest BCUT2D eigenvalue weighted by molar-refractivity contribution is 7.99. The standard InChI is InChI=1S/C12H21N3OS/c1-4-17-11-6-5-10(7-11)15(3)8-12-14-13-9(2)16-12/h10-11H,4-8H2,1-3H3/t10-,11-/m1/s1. The zero-order valence-corrected chi connectivity index (χ0v) is 11.7. The lowest BCUT2D eigenvalue weighted by molar-refractivity contribution is 0.214. The molecule has 1 aliphatic carbocycles. The van der Waals surface area contributed by atoms with Crippen molar-refractivity contribution in [1.29, 1.82) is 0 Å². The van der Waals surface area contributed by atoms with Crippen molar-refractivity contribution in [2.45, 2.75) is 50.9 Å². The van der Waals surface area contributed by atoms with Gasteiger partial charge in [-0.2, -0.15) is 11.8 Å². The molecule has 1 aromatic rings. The molecule has 1 aromatic heterocycles. The molecule has 2 atom stereocenters. The molecule has 0 unspecified atom stereocenters. The topological polar surface area (TPSA) is 42.2 Å². The summed E-state index contributed by atoms with van der Waals surface area (Å²) in [5.41, 5.74) is 0. The molecule has 0 saturated heterocycles. The first kappa shape index (κ1) is 12.9. The van der Waals surface area contributed by atoms with E-state index in [1.54, 1.807) is 0 Å². The van der Waals surface area contributed by atoms with Crippen molar-refractivity contribution in [3.8, 4) is 0 Å². The summed E-state index contributed by atoms with van der Waals surface area (Å²) in [4.78, 5) is 2.35. The van der Waals surface area contributed by atoms with E-state index in [1.807, 2.05) is 6.92 Å². The van der Waals surface area contributed by atoms with Gasteiger partial charge in [-0.1, -0.05) is 6.92 Å². The highest BCUT2D eigenvalue weighted by Gasteiger charge is 2.28. The number of aryl methyl sites for hydroxylation is 1. The third-order valence-corrected chi connectivity index (χ3v) is 4.57. The molecule has 1 fully saturated rings. The van der Waals surface area contributed by atoms with Gasteiger partial charge in [-0.25, -0.2) is 0 Å². The molecule has 1 heterocycles. The fourth-order valence-electron chi connectivity index (χ4n) is 2.45. The van der Waals surface area contributed by atoms with E-state index in [1.165, 1.54) is 25.0 Å². The van der Waals surface area contributed by atoms with Gasteiger partial charge in [-0.05, 0) is 32.1 Å². The van der Waals surface area contributed by atoms with Gasteiger partial charge in [0, 0.05) is 18.2 Å². The van der Waals surface area contributed by atoms with Crippen LogP contribution >= 0.6 is 11.8 Å². The lowest BCUT2D eigenvalue weighted by atomic mass is 10.2. The fraction of sp³-hybridized carbons (Fsp3) is 0.833. The summed E-state index contributed by atoms with van der Waals surface area (Å²) in [5, 5.41) is 8.76. The van der Waals surface area contributed by atoms with Crippen LogP contribution in [-0.2, 0) is 6.54 Å². The first-order chi connectivity index (χ1) is 8.19. The van der Waals surface area contributed by atoms with Crippen LogP contribution in [0, 0.1) is 6.92 Å². The van der Waals surface area contributed by atoms with Crippen molar-refractivity contribution in [2.24, 2.45) is 0 Å². The average Bonchev–Trinajstić information content (AvgIpc) is 2.88. The molecule has 0 amide bonds. The Labute approximate surface area is 107 Å². The van der Waals surface area contributed by atoms with Crippen LogP contribution in [0.15, 0.2) is 4.42 Å². The molecule has 1 saturated carbocycles. The van der Waals surface area contributed by atoms with Gasteiger partial charge in [-0.15, -0.1) is 10.2 Å². The molecule has 5 heteroatoms. The van der Waals surface area contributed by atoms with Gasteiger partial charge in [0.15, 0.2) is 0 Å². The molecule has 0 bridgehead atoms.